The Bertz CT molecular complexity index is 1830. The van der Waals surface area contributed by atoms with Crippen LogP contribution in [0, 0.1) is 27.7 Å². The molecular weight excluding hydrogens is 647 g/mol. The number of aryl methyl sites for hydroxylation is 4. The molecule has 11 nitrogen and oxygen atoms in total. The molecule has 1 aromatic heterocycles. The first-order valence-electron chi connectivity index (χ1n) is 13.1. The molecule has 0 aliphatic carbocycles. The second-order valence-electron chi connectivity index (χ2n) is 10.0. The summed E-state index contributed by atoms with van der Waals surface area (Å²) in [6.45, 7) is 8.45. The predicted octanol–water partition coefficient (Wildman–Crippen LogP) is 6.33. The summed E-state index contributed by atoms with van der Waals surface area (Å²) in [4.78, 5) is 13.1. The van der Waals surface area contributed by atoms with Crippen LogP contribution in [-0.2, 0) is 14.6 Å². The van der Waals surface area contributed by atoms with Gasteiger partial charge in [-0.1, -0.05) is 52.6 Å². The van der Waals surface area contributed by atoms with E-state index in [1.54, 1.807) is 26.8 Å². The summed E-state index contributed by atoms with van der Waals surface area (Å²) in [5, 5.41) is 42.8. The van der Waals surface area contributed by atoms with Crippen LogP contribution in [0.3, 0.4) is 0 Å². The van der Waals surface area contributed by atoms with E-state index in [2.05, 4.69) is 15.5 Å². The number of carbonyl (C=O) groups excluding carboxylic acids is 1. The summed E-state index contributed by atoms with van der Waals surface area (Å²) in [7, 11) is -3.27. The Morgan fingerprint density at radius 1 is 0.932 bits per heavy atom. The predicted molar refractivity (Wildman–Crippen MR) is 172 cm³/mol. The van der Waals surface area contributed by atoms with Gasteiger partial charge in [0, 0.05) is 12.3 Å². The van der Waals surface area contributed by atoms with Crippen LogP contribution in [0.15, 0.2) is 50.0 Å². The van der Waals surface area contributed by atoms with Crippen LogP contribution in [0.25, 0.3) is 0 Å². The van der Waals surface area contributed by atoms with Crippen LogP contribution in [0.5, 0.6) is 34.5 Å². The molecule has 1 heterocycles. The fourth-order valence-electron chi connectivity index (χ4n) is 3.81. The van der Waals surface area contributed by atoms with Crippen molar-refractivity contribution in [2.45, 2.75) is 52.8 Å². The first-order valence-corrected chi connectivity index (χ1v) is 17.5. The lowest BCUT2D eigenvalue weighted by atomic mass is 10.1. The number of phenolic OH excluding ortho intramolecular Hbond substituents is 3. The molecule has 234 valence electrons. The van der Waals surface area contributed by atoms with Gasteiger partial charge in [-0.05, 0) is 69.5 Å². The summed E-state index contributed by atoms with van der Waals surface area (Å²) in [6, 6.07) is 9.93. The molecule has 0 spiro atoms. The Kier molecular flexibility index (Phi) is 10.2. The molecule has 0 radical (unpaired) electrons. The molecule has 0 saturated heterocycles. The van der Waals surface area contributed by atoms with Gasteiger partial charge in [-0.2, -0.15) is 0 Å². The van der Waals surface area contributed by atoms with Crippen molar-refractivity contribution < 1.29 is 38.0 Å². The van der Waals surface area contributed by atoms with Crippen LogP contribution >= 0.6 is 34.9 Å². The van der Waals surface area contributed by atoms with Gasteiger partial charge in [-0.15, -0.1) is 10.2 Å². The van der Waals surface area contributed by atoms with Gasteiger partial charge in [0.05, 0.1) is 10.6 Å². The van der Waals surface area contributed by atoms with Crippen molar-refractivity contribution >= 4 is 56.3 Å². The number of aromatic nitrogens is 2. The van der Waals surface area contributed by atoms with Crippen molar-refractivity contribution in [1.29, 1.82) is 0 Å². The van der Waals surface area contributed by atoms with E-state index in [1.807, 2.05) is 26.0 Å². The van der Waals surface area contributed by atoms with Gasteiger partial charge in [0.15, 0.2) is 42.4 Å². The van der Waals surface area contributed by atoms with Gasteiger partial charge in [-0.3, -0.25) is 4.79 Å². The van der Waals surface area contributed by atoms with Gasteiger partial charge in [0.2, 0.25) is 5.75 Å². The van der Waals surface area contributed by atoms with Gasteiger partial charge < -0.3 is 30.1 Å². The van der Waals surface area contributed by atoms with Crippen LogP contribution in [-0.4, -0.2) is 57.3 Å². The normalized spacial score (nSPS) is 12.1. The SMILES string of the molecule is Cc1ccc(OCC(=O)Nc2cc(O)c(C)cc2Oc2cc(C)c(Sc3nnc(SC(C)S(C)(=O)=O)s3)c(O)c2O)c(C)c1. The number of benzene rings is 3. The highest BCUT2D eigenvalue weighted by Crippen LogP contribution is 2.49. The molecule has 15 heteroatoms. The van der Waals surface area contributed by atoms with E-state index in [1.165, 1.54) is 18.2 Å². The first-order chi connectivity index (χ1) is 20.6. The third-order valence-electron chi connectivity index (χ3n) is 6.31. The summed E-state index contributed by atoms with van der Waals surface area (Å²) in [5.41, 5.74) is 3.07. The molecule has 0 fully saturated rings. The van der Waals surface area contributed by atoms with E-state index in [4.69, 9.17) is 9.47 Å². The molecule has 1 amide bonds. The monoisotopic (exact) mass is 677 g/mol. The maximum atomic E-state index is 12.8. The quantitative estimate of drug-likeness (QED) is 0.103. The van der Waals surface area contributed by atoms with Crippen molar-refractivity contribution in [3.63, 3.8) is 0 Å². The molecular formula is C29H31N3O8S4. The number of carbonyl (C=O) groups is 1. The average Bonchev–Trinajstić information content (AvgIpc) is 3.38. The first kappa shape index (κ1) is 33.2. The summed E-state index contributed by atoms with van der Waals surface area (Å²) >= 11 is 3.28. The molecule has 44 heavy (non-hydrogen) atoms. The van der Waals surface area contributed by atoms with Gasteiger partial charge >= 0.3 is 0 Å². The third kappa shape index (κ3) is 8.08. The van der Waals surface area contributed by atoms with E-state index in [0.29, 0.717) is 30.5 Å². The van der Waals surface area contributed by atoms with Crippen molar-refractivity contribution in [2.75, 3.05) is 18.2 Å². The number of nitrogens with one attached hydrogen (secondary N) is 1. The number of aromatic hydroxyl groups is 3. The summed E-state index contributed by atoms with van der Waals surface area (Å²) in [5.74, 6) is -1.01. The Labute approximate surface area is 267 Å². The van der Waals surface area contributed by atoms with Gasteiger partial charge in [0.25, 0.3) is 5.91 Å². The minimum Gasteiger partial charge on any atom is -0.508 e. The van der Waals surface area contributed by atoms with E-state index < -0.39 is 31.8 Å². The molecule has 4 N–H and O–H groups in total. The van der Waals surface area contributed by atoms with E-state index in [9.17, 15) is 28.5 Å². The largest absolute Gasteiger partial charge is 0.508 e. The number of hydrogen-bond acceptors (Lipinski definition) is 13. The molecule has 0 aliphatic heterocycles. The number of phenols is 3. The topological polar surface area (TPSA) is 168 Å². The van der Waals surface area contributed by atoms with E-state index in [-0.39, 0.29) is 29.5 Å². The molecule has 1 atom stereocenters. The van der Waals surface area contributed by atoms with Crippen LogP contribution < -0.4 is 14.8 Å². The zero-order chi connectivity index (χ0) is 32.3. The van der Waals surface area contributed by atoms with Crippen LogP contribution in [0.4, 0.5) is 5.69 Å². The Morgan fingerprint density at radius 3 is 2.30 bits per heavy atom. The van der Waals surface area contributed by atoms with E-state index in [0.717, 1.165) is 52.2 Å². The molecule has 4 aromatic rings. The second kappa shape index (κ2) is 13.5. The lowest BCUT2D eigenvalue weighted by Gasteiger charge is -2.17. The zero-order valence-electron chi connectivity index (χ0n) is 24.7. The van der Waals surface area contributed by atoms with E-state index >= 15 is 0 Å². The Morgan fingerprint density at radius 2 is 1.61 bits per heavy atom. The second-order valence-corrected chi connectivity index (χ2v) is 16.5. The van der Waals surface area contributed by atoms with Crippen LogP contribution in [0.2, 0.25) is 0 Å². The fraction of sp³-hybridized carbons (Fsp3) is 0.276. The number of ether oxygens (including phenoxy) is 2. The van der Waals surface area contributed by atoms with Crippen molar-refractivity contribution in [2.24, 2.45) is 0 Å². The highest BCUT2D eigenvalue weighted by atomic mass is 32.3. The highest BCUT2D eigenvalue weighted by molar-refractivity contribution is 8.14. The lowest BCUT2D eigenvalue weighted by Crippen LogP contribution is -2.20. The molecule has 1 unspecified atom stereocenters. The third-order valence-corrected chi connectivity index (χ3v) is 12.0. The maximum Gasteiger partial charge on any atom is 0.262 e. The molecule has 0 bridgehead atoms. The van der Waals surface area contributed by atoms with Crippen LogP contribution in [0.1, 0.15) is 29.2 Å². The van der Waals surface area contributed by atoms with Gasteiger partial charge in [-0.25, -0.2) is 8.42 Å². The fourth-order valence-corrected chi connectivity index (χ4v) is 8.00. The zero-order valence-corrected chi connectivity index (χ0v) is 27.9. The number of amides is 1. The minimum atomic E-state index is -3.27. The standard InChI is InChI=1S/C29H31N3O8S4/c1-14-7-8-21(16(3)9-14)39-13-24(34)30-19-12-20(33)15(2)10-22(19)40-23-11-17(4)27(26(36)25(23)35)42-29-32-31-28(43-29)41-18(5)44(6,37)38/h7-12,18,33,35-36H,13H2,1-6H3,(H,30,34). The van der Waals surface area contributed by atoms with Crippen molar-refractivity contribution in [3.05, 3.63) is 58.7 Å². The number of thioether (sulfide) groups is 1. The average molecular weight is 678 g/mol. The Balaban J connectivity index is 1.52. The number of anilines is 1. The van der Waals surface area contributed by atoms with Crippen molar-refractivity contribution in [1.82, 2.24) is 10.2 Å². The molecule has 4 rings (SSSR count). The highest BCUT2D eigenvalue weighted by Gasteiger charge is 2.23. The summed E-state index contributed by atoms with van der Waals surface area (Å²) in [6.07, 6.45) is 1.15. The Hall–Kier alpha value is -3.66. The smallest absolute Gasteiger partial charge is 0.262 e. The number of rotatable bonds is 11. The number of sulfone groups is 1. The van der Waals surface area contributed by atoms with Gasteiger partial charge in [0.1, 0.15) is 16.1 Å². The van der Waals surface area contributed by atoms with Crippen molar-refractivity contribution in [3.8, 4) is 34.5 Å². The maximum absolute atomic E-state index is 12.8. The molecule has 3 aromatic carbocycles. The summed E-state index contributed by atoms with van der Waals surface area (Å²) < 4.78 is 35.3. The molecule has 0 aliphatic rings. The number of nitrogens with zero attached hydrogens (tertiary/aromatic N) is 2. The number of hydrogen-bond donors (Lipinski definition) is 4. The minimum absolute atomic E-state index is 0.0848. The molecule has 0 saturated carbocycles. The lowest BCUT2D eigenvalue weighted by molar-refractivity contribution is -0.118.